The number of aromatic nitrogens is 2. The minimum absolute atomic E-state index is 0.405. The molecule has 0 aliphatic carbocycles. The van der Waals surface area contributed by atoms with Crippen LogP contribution in [-0.2, 0) is 9.59 Å². The lowest BCUT2D eigenvalue weighted by Gasteiger charge is -2.17. The standard InChI is InChI=1S/C21H20N4O2/c1-14-8-10-22-17(12-14)24-20(26)19(16-6-4-3-5-7-16)21(27)25-18-13-15(2)9-11-23-18/h3-13,19H,1-2H3,(H,22,24,26)(H,23,25,27). The first-order chi connectivity index (χ1) is 13.0. The number of hydrogen-bond acceptors (Lipinski definition) is 4. The second-order valence-corrected chi connectivity index (χ2v) is 6.26. The van der Waals surface area contributed by atoms with Crippen LogP contribution in [0.1, 0.15) is 22.6 Å². The summed E-state index contributed by atoms with van der Waals surface area (Å²) in [5, 5.41) is 5.46. The zero-order valence-electron chi connectivity index (χ0n) is 15.1. The Morgan fingerprint density at radius 3 is 1.70 bits per heavy atom. The second-order valence-electron chi connectivity index (χ2n) is 6.26. The summed E-state index contributed by atoms with van der Waals surface area (Å²) >= 11 is 0. The van der Waals surface area contributed by atoms with E-state index in [9.17, 15) is 9.59 Å². The van der Waals surface area contributed by atoms with E-state index in [1.165, 1.54) is 0 Å². The van der Waals surface area contributed by atoms with Crippen LogP contribution >= 0.6 is 0 Å². The van der Waals surface area contributed by atoms with Gasteiger partial charge in [0.15, 0.2) is 0 Å². The Labute approximate surface area is 157 Å². The molecule has 2 aromatic heterocycles. The number of anilines is 2. The third-order valence-corrected chi connectivity index (χ3v) is 3.99. The van der Waals surface area contributed by atoms with E-state index in [4.69, 9.17) is 0 Å². The first kappa shape index (κ1) is 18.3. The molecule has 0 aliphatic rings. The fraction of sp³-hybridized carbons (Fsp3) is 0.143. The third kappa shape index (κ3) is 4.76. The predicted molar refractivity (Wildman–Crippen MR) is 104 cm³/mol. The second kappa shape index (κ2) is 8.23. The molecule has 0 spiro atoms. The monoisotopic (exact) mass is 360 g/mol. The molecule has 6 heteroatoms. The van der Waals surface area contributed by atoms with Crippen molar-refractivity contribution < 1.29 is 9.59 Å². The fourth-order valence-corrected chi connectivity index (χ4v) is 2.67. The van der Waals surface area contributed by atoms with Crippen LogP contribution in [0.15, 0.2) is 67.0 Å². The number of carbonyl (C=O) groups excluding carboxylic acids is 2. The minimum Gasteiger partial charge on any atom is -0.310 e. The van der Waals surface area contributed by atoms with Crippen molar-refractivity contribution in [2.45, 2.75) is 19.8 Å². The van der Waals surface area contributed by atoms with Crippen LogP contribution < -0.4 is 10.6 Å². The van der Waals surface area contributed by atoms with Gasteiger partial charge < -0.3 is 10.6 Å². The van der Waals surface area contributed by atoms with Crippen molar-refractivity contribution in [1.29, 1.82) is 0 Å². The first-order valence-corrected chi connectivity index (χ1v) is 8.55. The highest BCUT2D eigenvalue weighted by Gasteiger charge is 2.29. The predicted octanol–water partition coefficient (Wildman–Crippen LogP) is 3.45. The molecule has 3 rings (SSSR count). The van der Waals surface area contributed by atoms with E-state index in [0.29, 0.717) is 17.2 Å². The lowest BCUT2D eigenvalue weighted by atomic mass is 9.97. The van der Waals surface area contributed by atoms with Gasteiger partial charge in [-0.2, -0.15) is 0 Å². The molecular weight excluding hydrogens is 340 g/mol. The Hall–Kier alpha value is -3.54. The van der Waals surface area contributed by atoms with Crippen LogP contribution in [0.4, 0.5) is 11.6 Å². The number of pyridine rings is 2. The maximum absolute atomic E-state index is 12.9. The largest absolute Gasteiger partial charge is 0.310 e. The molecule has 3 aromatic rings. The molecule has 0 saturated heterocycles. The highest BCUT2D eigenvalue weighted by atomic mass is 16.2. The molecule has 0 unspecified atom stereocenters. The Kier molecular flexibility index (Phi) is 5.56. The van der Waals surface area contributed by atoms with E-state index in [2.05, 4.69) is 20.6 Å². The molecule has 0 atom stereocenters. The zero-order chi connectivity index (χ0) is 19.2. The minimum atomic E-state index is -1.03. The molecule has 6 nitrogen and oxygen atoms in total. The normalized spacial score (nSPS) is 10.5. The van der Waals surface area contributed by atoms with Gasteiger partial charge in [-0.05, 0) is 54.8 Å². The average molecular weight is 360 g/mol. The maximum Gasteiger partial charge on any atom is 0.242 e. The van der Waals surface area contributed by atoms with Crippen LogP contribution in [0.3, 0.4) is 0 Å². The molecule has 0 radical (unpaired) electrons. The highest BCUT2D eigenvalue weighted by Crippen LogP contribution is 2.20. The van der Waals surface area contributed by atoms with E-state index >= 15 is 0 Å². The molecule has 2 amide bonds. The molecule has 0 aliphatic heterocycles. The van der Waals surface area contributed by atoms with Crippen LogP contribution in [0.5, 0.6) is 0 Å². The van der Waals surface area contributed by atoms with Crippen molar-refractivity contribution in [3.05, 3.63) is 83.7 Å². The summed E-state index contributed by atoms with van der Waals surface area (Å²) in [6, 6.07) is 16.1. The Morgan fingerprint density at radius 1 is 0.778 bits per heavy atom. The average Bonchev–Trinajstić information content (AvgIpc) is 2.63. The summed E-state index contributed by atoms with van der Waals surface area (Å²) in [4.78, 5) is 34.1. The van der Waals surface area contributed by atoms with Gasteiger partial charge >= 0.3 is 0 Å². The topological polar surface area (TPSA) is 84.0 Å². The lowest BCUT2D eigenvalue weighted by molar-refractivity contribution is -0.126. The number of rotatable bonds is 5. The molecule has 2 heterocycles. The van der Waals surface area contributed by atoms with Crippen LogP contribution in [0, 0.1) is 13.8 Å². The van der Waals surface area contributed by atoms with E-state index in [1.807, 2.05) is 32.0 Å². The number of nitrogens with one attached hydrogen (secondary N) is 2. The lowest BCUT2D eigenvalue weighted by Crippen LogP contribution is -2.32. The van der Waals surface area contributed by atoms with Gasteiger partial charge in [0, 0.05) is 12.4 Å². The molecule has 1 aromatic carbocycles. The van der Waals surface area contributed by atoms with Gasteiger partial charge in [0.05, 0.1) is 0 Å². The van der Waals surface area contributed by atoms with Gasteiger partial charge in [-0.15, -0.1) is 0 Å². The number of nitrogens with zero attached hydrogens (tertiary/aromatic N) is 2. The number of aryl methyl sites for hydroxylation is 2. The van der Waals surface area contributed by atoms with E-state index in [0.717, 1.165) is 11.1 Å². The molecule has 27 heavy (non-hydrogen) atoms. The third-order valence-electron chi connectivity index (χ3n) is 3.99. The van der Waals surface area contributed by atoms with E-state index < -0.39 is 17.7 Å². The number of amides is 2. The van der Waals surface area contributed by atoms with Crippen LogP contribution in [0.25, 0.3) is 0 Å². The zero-order valence-corrected chi connectivity index (χ0v) is 15.1. The Balaban J connectivity index is 1.86. The van der Waals surface area contributed by atoms with Gasteiger partial charge in [-0.1, -0.05) is 30.3 Å². The highest BCUT2D eigenvalue weighted by molar-refractivity contribution is 6.14. The van der Waals surface area contributed by atoms with Crippen molar-refractivity contribution in [2.24, 2.45) is 0 Å². The molecule has 0 bridgehead atoms. The van der Waals surface area contributed by atoms with E-state index in [-0.39, 0.29) is 0 Å². The van der Waals surface area contributed by atoms with Gasteiger partial charge in [-0.3, -0.25) is 9.59 Å². The van der Waals surface area contributed by atoms with Crippen molar-refractivity contribution in [3.63, 3.8) is 0 Å². The van der Waals surface area contributed by atoms with E-state index in [1.54, 1.807) is 48.8 Å². The van der Waals surface area contributed by atoms with Gasteiger partial charge in [0.25, 0.3) is 0 Å². The maximum atomic E-state index is 12.9. The number of carbonyl (C=O) groups is 2. The summed E-state index contributed by atoms with van der Waals surface area (Å²) in [5.41, 5.74) is 2.52. The van der Waals surface area contributed by atoms with Crippen molar-refractivity contribution in [2.75, 3.05) is 10.6 Å². The van der Waals surface area contributed by atoms with Crippen LogP contribution in [0.2, 0.25) is 0 Å². The van der Waals surface area contributed by atoms with Gasteiger partial charge in [-0.25, -0.2) is 9.97 Å². The summed E-state index contributed by atoms with van der Waals surface area (Å²) in [5.74, 6) is -1.13. The number of benzene rings is 1. The van der Waals surface area contributed by atoms with Crippen LogP contribution in [-0.4, -0.2) is 21.8 Å². The number of hydrogen-bond donors (Lipinski definition) is 2. The van der Waals surface area contributed by atoms with Gasteiger partial charge in [0.2, 0.25) is 11.8 Å². The quantitative estimate of drug-likeness (QED) is 0.683. The first-order valence-electron chi connectivity index (χ1n) is 8.55. The SMILES string of the molecule is Cc1ccnc(NC(=O)C(C(=O)Nc2cc(C)ccn2)c2ccccc2)c1. The smallest absolute Gasteiger partial charge is 0.242 e. The van der Waals surface area contributed by atoms with Crippen molar-refractivity contribution in [1.82, 2.24) is 9.97 Å². The fourth-order valence-electron chi connectivity index (χ4n) is 2.67. The molecule has 136 valence electrons. The summed E-state index contributed by atoms with van der Waals surface area (Å²) < 4.78 is 0. The van der Waals surface area contributed by atoms with Crippen molar-refractivity contribution in [3.8, 4) is 0 Å². The Bertz CT molecular complexity index is 898. The van der Waals surface area contributed by atoms with Crippen molar-refractivity contribution >= 4 is 23.5 Å². The summed E-state index contributed by atoms with van der Waals surface area (Å²) in [7, 11) is 0. The summed E-state index contributed by atoms with van der Waals surface area (Å²) in [6.07, 6.45) is 3.22. The van der Waals surface area contributed by atoms with Gasteiger partial charge in [0.1, 0.15) is 17.6 Å². The molecule has 0 fully saturated rings. The Morgan fingerprint density at radius 2 is 1.26 bits per heavy atom. The molecular formula is C21H20N4O2. The molecule has 0 saturated carbocycles. The molecule has 2 N–H and O–H groups in total. The summed E-state index contributed by atoms with van der Waals surface area (Å²) in [6.45, 7) is 3.81.